The van der Waals surface area contributed by atoms with E-state index in [-0.39, 0.29) is 17.9 Å². The number of rotatable bonds is 4. The SMILES string of the molecule is Cc1ccc(C(=O)Cn2cnc3sc(-c4ccccc4)cc3c2=O)c(C)c1. The lowest BCUT2D eigenvalue weighted by Gasteiger charge is -2.08. The van der Waals surface area contributed by atoms with Gasteiger partial charge in [-0.2, -0.15) is 0 Å². The normalized spacial score (nSPS) is 11.0. The first-order valence-electron chi connectivity index (χ1n) is 8.68. The molecular weight excluding hydrogens is 356 g/mol. The number of fused-ring (bicyclic) bond motifs is 1. The summed E-state index contributed by atoms with van der Waals surface area (Å²) in [5.74, 6) is -0.0886. The highest BCUT2D eigenvalue weighted by Gasteiger charge is 2.14. The van der Waals surface area contributed by atoms with Gasteiger partial charge in [-0.3, -0.25) is 14.2 Å². The van der Waals surface area contributed by atoms with Gasteiger partial charge >= 0.3 is 0 Å². The van der Waals surface area contributed by atoms with E-state index in [0.717, 1.165) is 21.6 Å². The third kappa shape index (κ3) is 3.34. The second-order valence-corrected chi connectivity index (χ2v) is 7.65. The molecule has 4 rings (SSSR count). The summed E-state index contributed by atoms with van der Waals surface area (Å²) in [6.07, 6.45) is 1.47. The van der Waals surface area contributed by atoms with Gasteiger partial charge in [-0.1, -0.05) is 54.1 Å². The van der Waals surface area contributed by atoms with Crippen LogP contribution in [-0.2, 0) is 6.54 Å². The molecule has 0 saturated heterocycles. The molecule has 0 spiro atoms. The van der Waals surface area contributed by atoms with Gasteiger partial charge in [0.15, 0.2) is 5.78 Å². The molecule has 5 heteroatoms. The van der Waals surface area contributed by atoms with E-state index in [1.54, 1.807) is 0 Å². The first-order chi connectivity index (χ1) is 13.0. The average Bonchev–Trinajstić information content (AvgIpc) is 3.10. The Balaban J connectivity index is 1.69. The van der Waals surface area contributed by atoms with Crippen LogP contribution in [0.1, 0.15) is 21.5 Å². The van der Waals surface area contributed by atoms with E-state index in [2.05, 4.69) is 4.98 Å². The second-order valence-electron chi connectivity index (χ2n) is 6.61. The average molecular weight is 374 g/mol. The fraction of sp³-hybridized carbons (Fsp3) is 0.136. The minimum Gasteiger partial charge on any atom is -0.292 e. The van der Waals surface area contributed by atoms with Crippen molar-refractivity contribution in [2.45, 2.75) is 20.4 Å². The second kappa shape index (κ2) is 6.93. The lowest BCUT2D eigenvalue weighted by molar-refractivity contribution is 0.0970. The van der Waals surface area contributed by atoms with Crippen molar-refractivity contribution < 1.29 is 4.79 Å². The zero-order chi connectivity index (χ0) is 19.0. The molecule has 0 bridgehead atoms. The third-order valence-electron chi connectivity index (χ3n) is 4.57. The van der Waals surface area contributed by atoms with Crippen molar-refractivity contribution in [1.82, 2.24) is 9.55 Å². The van der Waals surface area contributed by atoms with Crippen LogP contribution in [0.3, 0.4) is 0 Å². The standard InChI is InChI=1S/C22H18N2O2S/c1-14-8-9-17(15(2)10-14)19(25)12-24-13-23-21-18(22(24)26)11-20(27-21)16-6-4-3-5-7-16/h3-11,13H,12H2,1-2H3. The molecule has 0 atom stereocenters. The number of aromatic nitrogens is 2. The zero-order valence-corrected chi connectivity index (χ0v) is 15.9. The molecule has 2 heterocycles. The van der Waals surface area contributed by atoms with Gasteiger partial charge in [0.2, 0.25) is 0 Å². The molecule has 4 nitrogen and oxygen atoms in total. The lowest BCUT2D eigenvalue weighted by Crippen LogP contribution is -2.24. The highest BCUT2D eigenvalue weighted by atomic mass is 32.1. The molecule has 0 saturated carbocycles. The van der Waals surface area contributed by atoms with Crippen molar-refractivity contribution in [3.05, 3.63) is 88.0 Å². The molecule has 27 heavy (non-hydrogen) atoms. The summed E-state index contributed by atoms with van der Waals surface area (Å²) in [6, 6.07) is 17.5. The summed E-state index contributed by atoms with van der Waals surface area (Å²) in [5, 5.41) is 0.551. The van der Waals surface area contributed by atoms with Crippen LogP contribution in [0.5, 0.6) is 0 Å². The van der Waals surface area contributed by atoms with Crippen LogP contribution in [0.25, 0.3) is 20.7 Å². The molecule has 0 fully saturated rings. The van der Waals surface area contributed by atoms with Crippen molar-refractivity contribution in [2.75, 3.05) is 0 Å². The number of Topliss-reactive ketones (excluding diaryl/α,β-unsaturated/α-hetero) is 1. The summed E-state index contributed by atoms with van der Waals surface area (Å²) < 4.78 is 1.39. The highest BCUT2D eigenvalue weighted by Crippen LogP contribution is 2.30. The smallest absolute Gasteiger partial charge is 0.262 e. The molecule has 2 aromatic carbocycles. The number of hydrogen-bond donors (Lipinski definition) is 0. The maximum atomic E-state index is 12.9. The molecule has 134 valence electrons. The number of hydrogen-bond acceptors (Lipinski definition) is 4. The van der Waals surface area contributed by atoms with Crippen molar-refractivity contribution in [3.8, 4) is 10.4 Å². The lowest BCUT2D eigenvalue weighted by atomic mass is 10.0. The van der Waals surface area contributed by atoms with Crippen molar-refractivity contribution in [2.24, 2.45) is 0 Å². The fourth-order valence-electron chi connectivity index (χ4n) is 3.18. The molecule has 0 aliphatic rings. The largest absolute Gasteiger partial charge is 0.292 e. The van der Waals surface area contributed by atoms with Crippen LogP contribution in [-0.4, -0.2) is 15.3 Å². The number of carbonyl (C=O) groups excluding carboxylic acids is 1. The van der Waals surface area contributed by atoms with E-state index in [1.165, 1.54) is 22.2 Å². The first-order valence-corrected chi connectivity index (χ1v) is 9.49. The Hall–Kier alpha value is -3.05. The molecule has 0 aliphatic heterocycles. The van der Waals surface area contributed by atoms with Gasteiger partial charge in [0.05, 0.1) is 18.3 Å². The molecule has 2 aromatic heterocycles. The topological polar surface area (TPSA) is 52.0 Å². The van der Waals surface area contributed by atoms with Crippen molar-refractivity contribution in [3.63, 3.8) is 0 Å². The molecule has 0 N–H and O–H groups in total. The van der Waals surface area contributed by atoms with Gasteiger partial charge in [0.1, 0.15) is 4.83 Å². The van der Waals surface area contributed by atoms with Crippen molar-refractivity contribution >= 4 is 27.3 Å². The number of nitrogens with zero attached hydrogens (tertiary/aromatic N) is 2. The Kier molecular flexibility index (Phi) is 4.46. The monoisotopic (exact) mass is 374 g/mol. The van der Waals surface area contributed by atoms with E-state index >= 15 is 0 Å². The van der Waals surface area contributed by atoms with Crippen LogP contribution in [0, 0.1) is 13.8 Å². The van der Waals surface area contributed by atoms with Gasteiger partial charge in [-0.25, -0.2) is 4.98 Å². The summed E-state index contributed by atoms with van der Waals surface area (Å²) in [7, 11) is 0. The summed E-state index contributed by atoms with van der Waals surface area (Å²) >= 11 is 1.48. The predicted molar refractivity (Wildman–Crippen MR) is 110 cm³/mol. The van der Waals surface area contributed by atoms with Crippen LogP contribution in [0.15, 0.2) is 65.7 Å². The van der Waals surface area contributed by atoms with E-state index < -0.39 is 0 Å². The summed E-state index contributed by atoms with van der Waals surface area (Å²) in [5.41, 5.74) is 3.54. The molecule has 0 unspecified atom stereocenters. The fourth-order valence-corrected chi connectivity index (χ4v) is 4.18. The maximum Gasteiger partial charge on any atom is 0.262 e. The van der Waals surface area contributed by atoms with E-state index in [4.69, 9.17) is 0 Å². The van der Waals surface area contributed by atoms with Crippen molar-refractivity contribution in [1.29, 1.82) is 0 Å². The Morgan fingerprint density at radius 3 is 2.59 bits per heavy atom. The highest BCUT2D eigenvalue weighted by molar-refractivity contribution is 7.21. The molecule has 0 radical (unpaired) electrons. The van der Waals surface area contributed by atoms with Gasteiger partial charge in [-0.05, 0) is 31.0 Å². The van der Waals surface area contributed by atoms with Gasteiger partial charge < -0.3 is 0 Å². The van der Waals surface area contributed by atoms with Gasteiger partial charge in [0.25, 0.3) is 5.56 Å². The van der Waals surface area contributed by atoms with Gasteiger partial charge in [0, 0.05) is 10.4 Å². The van der Waals surface area contributed by atoms with E-state index in [9.17, 15) is 9.59 Å². The maximum absolute atomic E-state index is 12.9. The Morgan fingerprint density at radius 1 is 1.07 bits per heavy atom. The number of thiophene rings is 1. The Morgan fingerprint density at radius 2 is 1.85 bits per heavy atom. The molecule has 4 aromatic rings. The molecular formula is C22H18N2O2S. The van der Waals surface area contributed by atoms with E-state index in [1.807, 2.05) is 68.4 Å². The number of ketones is 1. The van der Waals surface area contributed by atoms with Crippen LogP contribution < -0.4 is 5.56 Å². The predicted octanol–water partition coefficient (Wildman–Crippen LogP) is 4.62. The minimum atomic E-state index is -0.184. The summed E-state index contributed by atoms with van der Waals surface area (Å²) in [4.78, 5) is 31.6. The quantitative estimate of drug-likeness (QED) is 0.490. The van der Waals surface area contributed by atoms with Crippen LogP contribution in [0.2, 0.25) is 0 Å². The summed E-state index contributed by atoms with van der Waals surface area (Å²) in [6.45, 7) is 3.89. The minimum absolute atomic E-state index is 0.0117. The third-order valence-corrected chi connectivity index (χ3v) is 5.66. The number of benzene rings is 2. The Bertz CT molecular complexity index is 1210. The molecule has 0 aliphatic carbocycles. The first kappa shape index (κ1) is 17.4. The Labute approximate surface area is 160 Å². The van der Waals surface area contributed by atoms with Gasteiger partial charge in [-0.15, -0.1) is 11.3 Å². The zero-order valence-electron chi connectivity index (χ0n) is 15.1. The number of aryl methyl sites for hydroxylation is 2. The van der Waals surface area contributed by atoms with E-state index in [0.29, 0.717) is 15.8 Å². The van der Waals surface area contributed by atoms with Crippen LogP contribution in [0.4, 0.5) is 0 Å². The number of carbonyl (C=O) groups is 1. The van der Waals surface area contributed by atoms with Crippen LogP contribution >= 0.6 is 11.3 Å². The molecule has 0 amide bonds.